The Labute approximate surface area is 145 Å². The van der Waals surface area contributed by atoms with Crippen molar-refractivity contribution >= 4 is 22.8 Å². The van der Waals surface area contributed by atoms with Gasteiger partial charge in [0.05, 0.1) is 5.56 Å². The Balaban J connectivity index is 2.31. The minimum Gasteiger partial charge on any atom is -0.493 e. The van der Waals surface area contributed by atoms with E-state index >= 15 is 0 Å². The summed E-state index contributed by atoms with van der Waals surface area (Å²) in [5.74, 6) is -0.163. The van der Waals surface area contributed by atoms with E-state index in [1.165, 1.54) is 16.3 Å². The maximum atomic E-state index is 12.7. The molecule has 2 heterocycles. The number of nitrogens with zero attached hydrogens (tertiary/aromatic N) is 2. The van der Waals surface area contributed by atoms with Crippen LogP contribution in [0.4, 0.5) is 0 Å². The number of aromatic hydroxyl groups is 1. The Morgan fingerprint density at radius 3 is 2.62 bits per heavy atom. The lowest BCUT2D eigenvalue weighted by Gasteiger charge is -2.28. The Morgan fingerprint density at radius 2 is 2.04 bits per heavy atom. The quantitative estimate of drug-likeness (QED) is 0.828. The molecule has 0 saturated carbocycles. The van der Waals surface area contributed by atoms with Gasteiger partial charge in [-0.05, 0) is 40.0 Å². The molecule has 1 N–H and O–H groups in total. The predicted octanol–water partition coefficient (Wildman–Crippen LogP) is 1.85. The van der Waals surface area contributed by atoms with E-state index in [2.05, 4.69) is 0 Å². The van der Waals surface area contributed by atoms with Gasteiger partial charge in [-0.25, -0.2) is 9.48 Å². The van der Waals surface area contributed by atoms with Gasteiger partial charge < -0.3 is 9.84 Å². The van der Waals surface area contributed by atoms with Crippen LogP contribution in [0.2, 0.25) is 0 Å². The fourth-order valence-corrected chi connectivity index (χ4v) is 3.38. The number of rotatable bonds is 4. The summed E-state index contributed by atoms with van der Waals surface area (Å²) in [7, 11) is 0. The summed E-state index contributed by atoms with van der Waals surface area (Å²) in [6.07, 6.45) is 1.45. The average Bonchev–Trinajstić information content (AvgIpc) is 2.70. The summed E-state index contributed by atoms with van der Waals surface area (Å²) in [6.45, 7) is 7.26. The highest BCUT2D eigenvalue weighted by molar-refractivity contribution is 8.13. The molecule has 24 heavy (non-hydrogen) atoms. The van der Waals surface area contributed by atoms with Gasteiger partial charge in [-0.15, -0.1) is 0 Å². The Morgan fingerprint density at radius 1 is 1.38 bits per heavy atom. The van der Waals surface area contributed by atoms with Crippen molar-refractivity contribution in [1.29, 1.82) is 0 Å². The van der Waals surface area contributed by atoms with E-state index < -0.39 is 17.6 Å². The molecule has 7 nitrogen and oxygen atoms in total. The van der Waals surface area contributed by atoms with Crippen LogP contribution in [0.15, 0.2) is 4.79 Å². The molecule has 8 heteroatoms. The number of hydrogen-bond donors (Lipinski definition) is 1. The molecule has 0 spiro atoms. The number of aromatic nitrogens is 2. The Kier molecular flexibility index (Phi) is 5.47. The standard InChI is InChI=1S/C16H24N2O5S/c1-10(19)24-9-7-11-13(20)17-8-5-6-12(18(17)14(11)21)15(22)23-16(2,3)4/h12,20H,5-9H2,1-4H3. The minimum atomic E-state index is -0.731. The SMILES string of the molecule is CC(=O)SCCc1c(O)n2n(c1=O)C(C(=O)OC(C)(C)C)CCC2. The second kappa shape index (κ2) is 7.04. The molecule has 1 aliphatic heterocycles. The highest BCUT2D eigenvalue weighted by atomic mass is 32.2. The van der Waals surface area contributed by atoms with Gasteiger partial charge in [0.1, 0.15) is 5.60 Å². The number of ether oxygens (including phenoxy) is 1. The van der Waals surface area contributed by atoms with Crippen LogP contribution in [-0.2, 0) is 27.3 Å². The molecule has 0 aromatic carbocycles. The number of carbonyl (C=O) groups excluding carboxylic acids is 2. The summed E-state index contributed by atoms with van der Waals surface area (Å²) in [5.41, 5.74) is -0.773. The summed E-state index contributed by atoms with van der Waals surface area (Å²) in [5, 5.41) is 10.3. The zero-order valence-corrected chi connectivity index (χ0v) is 15.3. The third kappa shape index (κ3) is 4.03. The third-order valence-corrected chi connectivity index (χ3v) is 4.53. The van der Waals surface area contributed by atoms with Crippen LogP contribution < -0.4 is 5.56 Å². The van der Waals surface area contributed by atoms with Crippen molar-refractivity contribution in [3.8, 4) is 5.88 Å². The third-order valence-electron chi connectivity index (χ3n) is 3.72. The van der Waals surface area contributed by atoms with Crippen molar-refractivity contribution in [3.05, 3.63) is 15.9 Å². The summed E-state index contributed by atoms with van der Waals surface area (Å²) < 4.78 is 8.17. The Hall–Kier alpha value is -1.70. The lowest BCUT2D eigenvalue weighted by Crippen LogP contribution is -2.39. The number of esters is 1. The molecule has 1 aromatic rings. The molecule has 1 aromatic heterocycles. The molecule has 0 amide bonds. The van der Waals surface area contributed by atoms with Crippen molar-refractivity contribution in [2.45, 2.75) is 65.1 Å². The maximum Gasteiger partial charge on any atom is 0.331 e. The van der Waals surface area contributed by atoms with Gasteiger partial charge >= 0.3 is 5.97 Å². The predicted molar refractivity (Wildman–Crippen MR) is 91.3 cm³/mol. The second-order valence-corrected chi connectivity index (χ2v) is 8.13. The van der Waals surface area contributed by atoms with E-state index in [0.717, 1.165) is 11.8 Å². The fraction of sp³-hybridized carbons (Fsp3) is 0.688. The molecule has 0 saturated heterocycles. The van der Waals surface area contributed by atoms with Crippen LogP contribution in [0.5, 0.6) is 5.88 Å². The molecular formula is C16H24N2O5S. The van der Waals surface area contributed by atoms with Gasteiger partial charge in [-0.3, -0.25) is 14.3 Å². The van der Waals surface area contributed by atoms with Crippen LogP contribution in [0.25, 0.3) is 0 Å². The zero-order chi connectivity index (χ0) is 18.1. The van der Waals surface area contributed by atoms with E-state index in [-0.39, 0.29) is 28.5 Å². The van der Waals surface area contributed by atoms with E-state index in [1.54, 1.807) is 20.8 Å². The van der Waals surface area contributed by atoms with Crippen LogP contribution in [0.1, 0.15) is 52.1 Å². The number of hydrogen-bond acceptors (Lipinski definition) is 6. The van der Waals surface area contributed by atoms with Crippen LogP contribution in [0.3, 0.4) is 0 Å². The largest absolute Gasteiger partial charge is 0.493 e. The van der Waals surface area contributed by atoms with E-state index in [9.17, 15) is 19.5 Å². The topological polar surface area (TPSA) is 90.5 Å². The van der Waals surface area contributed by atoms with Crippen molar-refractivity contribution in [3.63, 3.8) is 0 Å². The number of fused-ring (bicyclic) bond motifs is 1. The van der Waals surface area contributed by atoms with E-state index in [4.69, 9.17) is 4.74 Å². The monoisotopic (exact) mass is 356 g/mol. The highest BCUT2D eigenvalue weighted by Gasteiger charge is 2.34. The second-order valence-electron chi connectivity index (χ2n) is 6.86. The molecule has 0 bridgehead atoms. The van der Waals surface area contributed by atoms with Gasteiger partial charge in [0, 0.05) is 19.2 Å². The summed E-state index contributed by atoms with van der Waals surface area (Å²) >= 11 is 1.11. The average molecular weight is 356 g/mol. The first kappa shape index (κ1) is 18.6. The minimum absolute atomic E-state index is 0.0369. The van der Waals surface area contributed by atoms with Crippen molar-refractivity contribution in [2.75, 3.05) is 5.75 Å². The molecule has 1 unspecified atom stereocenters. The van der Waals surface area contributed by atoms with Gasteiger partial charge in [0.15, 0.2) is 11.2 Å². The van der Waals surface area contributed by atoms with E-state index in [1.807, 2.05) is 0 Å². The molecule has 1 atom stereocenters. The Bertz CT molecular complexity index is 699. The van der Waals surface area contributed by atoms with Gasteiger partial charge in [0.2, 0.25) is 5.88 Å². The lowest BCUT2D eigenvalue weighted by atomic mass is 10.1. The smallest absolute Gasteiger partial charge is 0.331 e. The fourth-order valence-electron chi connectivity index (χ4n) is 2.78. The van der Waals surface area contributed by atoms with E-state index in [0.29, 0.717) is 25.1 Å². The first-order chi connectivity index (χ1) is 11.1. The molecular weight excluding hydrogens is 332 g/mol. The van der Waals surface area contributed by atoms with Crippen LogP contribution in [-0.4, -0.2) is 36.9 Å². The van der Waals surface area contributed by atoms with Crippen molar-refractivity contribution < 1.29 is 19.4 Å². The molecule has 2 rings (SSSR count). The van der Waals surface area contributed by atoms with Gasteiger partial charge in [-0.2, -0.15) is 0 Å². The van der Waals surface area contributed by atoms with Crippen molar-refractivity contribution in [1.82, 2.24) is 9.36 Å². The molecule has 0 fully saturated rings. The number of carbonyl (C=O) groups is 2. The lowest BCUT2D eigenvalue weighted by molar-refractivity contribution is -0.160. The molecule has 0 aliphatic carbocycles. The van der Waals surface area contributed by atoms with Gasteiger partial charge in [-0.1, -0.05) is 11.8 Å². The summed E-state index contributed by atoms with van der Waals surface area (Å²) in [4.78, 5) is 36.1. The number of thioether (sulfide) groups is 1. The molecule has 0 radical (unpaired) electrons. The van der Waals surface area contributed by atoms with Crippen LogP contribution in [0, 0.1) is 0 Å². The first-order valence-electron chi connectivity index (χ1n) is 8.01. The zero-order valence-electron chi connectivity index (χ0n) is 14.5. The highest BCUT2D eigenvalue weighted by Crippen LogP contribution is 2.28. The summed E-state index contributed by atoms with van der Waals surface area (Å²) in [6, 6.07) is -0.731. The molecule has 134 valence electrons. The van der Waals surface area contributed by atoms with Crippen molar-refractivity contribution in [2.24, 2.45) is 0 Å². The molecule has 1 aliphatic rings. The maximum absolute atomic E-state index is 12.7. The van der Waals surface area contributed by atoms with Gasteiger partial charge in [0.25, 0.3) is 5.56 Å². The first-order valence-corrected chi connectivity index (χ1v) is 8.99. The van der Waals surface area contributed by atoms with Crippen LogP contribution >= 0.6 is 11.8 Å². The normalized spacial score (nSPS) is 17.4.